The van der Waals surface area contributed by atoms with E-state index in [4.69, 9.17) is 4.74 Å². The minimum atomic E-state index is -0.489. The van der Waals surface area contributed by atoms with Gasteiger partial charge in [0.2, 0.25) is 5.91 Å². The number of amides is 1. The van der Waals surface area contributed by atoms with Crippen LogP contribution in [0.5, 0.6) is 0 Å². The molecule has 1 heterocycles. The summed E-state index contributed by atoms with van der Waals surface area (Å²) in [5, 5.41) is 0. The first kappa shape index (κ1) is 19.9. The van der Waals surface area contributed by atoms with Crippen molar-refractivity contribution < 1.29 is 14.3 Å². The molecule has 5 nitrogen and oxygen atoms in total. The van der Waals surface area contributed by atoms with Crippen molar-refractivity contribution in [1.82, 2.24) is 9.80 Å². The van der Waals surface area contributed by atoms with E-state index in [2.05, 4.69) is 13.8 Å². The molecule has 0 aromatic carbocycles. The molecule has 5 heteroatoms. The highest BCUT2D eigenvalue weighted by Crippen LogP contribution is 2.21. The Hall–Kier alpha value is -1.10. The quantitative estimate of drug-likeness (QED) is 0.704. The van der Waals surface area contributed by atoms with Gasteiger partial charge in [0.25, 0.3) is 0 Å². The summed E-state index contributed by atoms with van der Waals surface area (Å²) in [6, 6.07) is -0.112. The molecule has 1 amide bonds. The summed E-state index contributed by atoms with van der Waals surface area (Å²) in [5.74, 6) is 0.327. The molecule has 23 heavy (non-hydrogen) atoms. The first-order valence-electron chi connectivity index (χ1n) is 8.77. The molecule has 0 saturated carbocycles. The lowest BCUT2D eigenvalue weighted by molar-refractivity contribution is -0.160. The van der Waals surface area contributed by atoms with E-state index < -0.39 is 5.60 Å². The number of likely N-dealkylation sites (tertiary alicyclic amines) is 1. The third kappa shape index (κ3) is 6.50. The molecule has 1 rings (SSSR count). The van der Waals surface area contributed by atoms with Crippen LogP contribution in [0.3, 0.4) is 0 Å². The Morgan fingerprint density at radius 2 is 1.83 bits per heavy atom. The van der Waals surface area contributed by atoms with E-state index in [9.17, 15) is 9.59 Å². The molecule has 0 radical (unpaired) electrons. The van der Waals surface area contributed by atoms with E-state index in [-0.39, 0.29) is 24.0 Å². The topological polar surface area (TPSA) is 49.9 Å². The van der Waals surface area contributed by atoms with Gasteiger partial charge in [0.1, 0.15) is 11.6 Å². The number of ether oxygens (including phenoxy) is 1. The smallest absolute Gasteiger partial charge is 0.323 e. The maximum Gasteiger partial charge on any atom is 0.323 e. The van der Waals surface area contributed by atoms with E-state index in [0.717, 1.165) is 25.9 Å². The highest BCUT2D eigenvalue weighted by atomic mass is 16.6. The molecule has 1 atom stereocenters. The van der Waals surface area contributed by atoms with Gasteiger partial charge in [-0.2, -0.15) is 0 Å². The van der Waals surface area contributed by atoms with Crippen molar-refractivity contribution in [1.29, 1.82) is 0 Å². The van der Waals surface area contributed by atoms with Crippen LogP contribution in [0.2, 0.25) is 0 Å². The highest BCUT2D eigenvalue weighted by Gasteiger charge is 2.35. The molecule has 0 aromatic rings. The Morgan fingerprint density at radius 3 is 2.30 bits per heavy atom. The first-order chi connectivity index (χ1) is 10.5. The standard InChI is InChI=1S/C18H34N2O3/c1-13(2)11-20(14(3)4)16(21)12-19-10-8-9-15(19)17(22)23-18(5,6)7/h13-15H,8-12H2,1-7H3. The van der Waals surface area contributed by atoms with Gasteiger partial charge in [-0.3, -0.25) is 14.5 Å². The number of carbonyl (C=O) groups is 2. The van der Waals surface area contributed by atoms with E-state index >= 15 is 0 Å². The number of esters is 1. The van der Waals surface area contributed by atoms with Gasteiger partial charge in [-0.1, -0.05) is 13.8 Å². The normalized spacial score (nSPS) is 19.4. The van der Waals surface area contributed by atoms with Crippen LogP contribution in [-0.2, 0) is 14.3 Å². The average molecular weight is 326 g/mol. The van der Waals surface area contributed by atoms with Crippen LogP contribution < -0.4 is 0 Å². The van der Waals surface area contributed by atoms with Crippen LogP contribution in [0.4, 0.5) is 0 Å². The molecular weight excluding hydrogens is 292 g/mol. The van der Waals surface area contributed by atoms with Crippen molar-refractivity contribution in [2.75, 3.05) is 19.6 Å². The second-order valence-corrected chi connectivity index (χ2v) is 8.20. The van der Waals surface area contributed by atoms with E-state index in [1.807, 2.05) is 44.4 Å². The van der Waals surface area contributed by atoms with Crippen LogP contribution in [0.25, 0.3) is 0 Å². The molecule has 1 saturated heterocycles. The minimum absolute atomic E-state index is 0.101. The maximum absolute atomic E-state index is 12.7. The van der Waals surface area contributed by atoms with E-state index in [0.29, 0.717) is 12.5 Å². The van der Waals surface area contributed by atoms with Gasteiger partial charge in [0, 0.05) is 12.6 Å². The second-order valence-electron chi connectivity index (χ2n) is 8.20. The zero-order valence-electron chi connectivity index (χ0n) is 15.9. The molecule has 0 bridgehead atoms. The van der Waals surface area contributed by atoms with Crippen LogP contribution >= 0.6 is 0 Å². The molecule has 1 aliphatic rings. The third-order valence-corrected chi connectivity index (χ3v) is 3.89. The van der Waals surface area contributed by atoms with Gasteiger partial charge in [-0.25, -0.2) is 0 Å². The van der Waals surface area contributed by atoms with Gasteiger partial charge >= 0.3 is 5.97 Å². The Balaban J connectivity index is 2.70. The number of rotatable bonds is 6. The lowest BCUT2D eigenvalue weighted by Gasteiger charge is -2.32. The fraction of sp³-hybridized carbons (Fsp3) is 0.889. The van der Waals surface area contributed by atoms with Crippen molar-refractivity contribution in [3.63, 3.8) is 0 Å². The summed E-state index contributed by atoms with van der Waals surface area (Å²) in [7, 11) is 0. The fourth-order valence-electron chi connectivity index (χ4n) is 2.91. The number of hydrogen-bond donors (Lipinski definition) is 0. The van der Waals surface area contributed by atoms with E-state index in [1.165, 1.54) is 0 Å². The van der Waals surface area contributed by atoms with Gasteiger partial charge in [-0.05, 0) is 59.9 Å². The number of nitrogens with zero attached hydrogens (tertiary/aromatic N) is 2. The van der Waals surface area contributed by atoms with Gasteiger partial charge in [0.05, 0.1) is 6.54 Å². The van der Waals surface area contributed by atoms with Crippen molar-refractivity contribution in [2.24, 2.45) is 5.92 Å². The zero-order chi connectivity index (χ0) is 17.8. The highest BCUT2D eigenvalue weighted by molar-refractivity contribution is 5.81. The Bertz CT molecular complexity index is 413. The summed E-state index contributed by atoms with van der Waals surface area (Å²) < 4.78 is 5.50. The Kier molecular flexibility index (Phi) is 7.05. The van der Waals surface area contributed by atoms with Gasteiger partial charge < -0.3 is 9.64 Å². The average Bonchev–Trinajstić information content (AvgIpc) is 2.81. The van der Waals surface area contributed by atoms with Crippen LogP contribution in [0.15, 0.2) is 0 Å². The third-order valence-electron chi connectivity index (χ3n) is 3.89. The van der Waals surface area contributed by atoms with Crippen molar-refractivity contribution >= 4 is 11.9 Å². The molecular formula is C18H34N2O3. The Morgan fingerprint density at radius 1 is 1.22 bits per heavy atom. The SMILES string of the molecule is CC(C)CN(C(=O)CN1CCCC1C(=O)OC(C)(C)C)C(C)C. The van der Waals surface area contributed by atoms with Crippen molar-refractivity contribution in [3.8, 4) is 0 Å². The number of hydrogen-bond acceptors (Lipinski definition) is 4. The second kappa shape index (κ2) is 8.13. The van der Waals surface area contributed by atoms with Gasteiger partial charge in [-0.15, -0.1) is 0 Å². The van der Waals surface area contributed by atoms with Crippen LogP contribution in [0, 0.1) is 5.92 Å². The summed E-state index contributed by atoms with van der Waals surface area (Å²) in [6.07, 6.45) is 1.71. The summed E-state index contributed by atoms with van der Waals surface area (Å²) in [4.78, 5) is 28.9. The van der Waals surface area contributed by atoms with E-state index in [1.54, 1.807) is 0 Å². The molecule has 0 aromatic heterocycles. The lowest BCUT2D eigenvalue weighted by atomic mass is 10.1. The van der Waals surface area contributed by atoms with Crippen LogP contribution in [-0.4, -0.2) is 59.0 Å². The molecule has 0 spiro atoms. The molecule has 0 N–H and O–H groups in total. The summed E-state index contributed by atoms with van der Waals surface area (Å²) in [5.41, 5.74) is -0.489. The fourth-order valence-corrected chi connectivity index (χ4v) is 2.91. The molecule has 134 valence electrons. The van der Waals surface area contributed by atoms with Crippen molar-refractivity contribution in [3.05, 3.63) is 0 Å². The van der Waals surface area contributed by atoms with Crippen molar-refractivity contribution in [2.45, 2.75) is 79.0 Å². The summed E-state index contributed by atoms with van der Waals surface area (Å²) >= 11 is 0. The molecule has 0 aliphatic carbocycles. The summed E-state index contributed by atoms with van der Waals surface area (Å²) in [6.45, 7) is 15.8. The minimum Gasteiger partial charge on any atom is -0.459 e. The lowest BCUT2D eigenvalue weighted by Crippen LogP contribution is -2.48. The molecule has 1 aliphatic heterocycles. The van der Waals surface area contributed by atoms with Crippen LogP contribution in [0.1, 0.15) is 61.3 Å². The predicted octanol–water partition coefficient (Wildman–Crippen LogP) is 2.69. The molecule has 1 unspecified atom stereocenters. The Labute approximate surface area is 141 Å². The maximum atomic E-state index is 12.7. The van der Waals surface area contributed by atoms with Gasteiger partial charge in [0.15, 0.2) is 0 Å². The molecule has 1 fully saturated rings. The zero-order valence-corrected chi connectivity index (χ0v) is 15.9. The largest absolute Gasteiger partial charge is 0.459 e. The monoisotopic (exact) mass is 326 g/mol. The predicted molar refractivity (Wildman–Crippen MR) is 92.1 cm³/mol. The first-order valence-corrected chi connectivity index (χ1v) is 8.77. The number of carbonyl (C=O) groups excluding carboxylic acids is 2.